The molecule has 0 aliphatic carbocycles. The van der Waals surface area contributed by atoms with Gasteiger partial charge in [0.15, 0.2) is 0 Å². The van der Waals surface area contributed by atoms with Crippen molar-refractivity contribution in [3.8, 4) is 10.6 Å². The van der Waals surface area contributed by atoms with E-state index in [9.17, 15) is 22.8 Å². The third-order valence-corrected chi connectivity index (χ3v) is 4.66. The number of aromatic nitrogens is 1. The number of esters is 1. The molecule has 28 heavy (non-hydrogen) atoms. The molecule has 144 valence electrons. The fourth-order valence-corrected chi connectivity index (χ4v) is 3.21. The highest BCUT2D eigenvalue weighted by Crippen LogP contribution is 2.25. The van der Waals surface area contributed by atoms with E-state index in [1.807, 2.05) is 0 Å². The molecule has 0 saturated carbocycles. The van der Waals surface area contributed by atoms with E-state index >= 15 is 0 Å². The maximum Gasteiger partial charge on any atom is 0.340 e. The van der Waals surface area contributed by atoms with Gasteiger partial charge < -0.3 is 10.1 Å². The molecule has 9 heteroatoms. The number of benzene rings is 2. The van der Waals surface area contributed by atoms with Crippen LogP contribution in [0.2, 0.25) is 0 Å². The first-order chi connectivity index (χ1) is 13.4. The van der Waals surface area contributed by atoms with Gasteiger partial charge in [-0.2, -0.15) is 0 Å². The van der Waals surface area contributed by atoms with E-state index in [-0.39, 0.29) is 17.9 Å². The molecule has 0 bridgehead atoms. The summed E-state index contributed by atoms with van der Waals surface area (Å²) in [6.07, 6.45) is -0.165. The lowest BCUT2D eigenvalue weighted by Gasteiger charge is -2.08. The van der Waals surface area contributed by atoms with Crippen LogP contribution in [0.25, 0.3) is 10.6 Å². The number of hydrogen-bond donors (Lipinski definition) is 1. The number of halogens is 3. The van der Waals surface area contributed by atoms with Crippen LogP contribution in [0.5, 0.6) is 0 Å². The number of rotatable bonds is 5. The van der Waals surface area contributed by atoms with Gasteiger partial charge in [-0.1, -0.05) is 0 Å². The van der Waals surface area contributed by atoms with E-state index in [2.05, 4.69) is 15.0 Å². The van der Waals surface area contributed by atoms with Gasteiger partial charge in [0.25, 0.3) is 0 Å². The number of anilines is 1. The van der Waals surface area contributed by atoms with Gasteiger partial charge in [0, 0.05) is 17.0 Å². The van der Waals surface area contributed by atoms with Gasteiger partial charge in [0.2, 0.25) is 5.91 Å². The lowest BCUT2D eigenvalue weighted by Crippen LogP contribution is -2.17. The first-order valence-corrected chi connectivity index (χ1v) is 8.83. The molecule has 2 aromatic carbocycles. The van der Waals surface area contributed by atoms with Crippen LogP contribution in [0.15, 0.2) is 41.8 Å². The number of carbonyl (C=O) groups excluding carboxylic acids is 2. The Kier molecular flexibility index (Phi) is 5.74. The minimum absolute atomic E-state index is 0.165. The number of hydrogen-bond acceptors (Lipinski definition) is 5. The Morgan fingerprint density at radius 2 is 1.82 bits per heavy atom. The summed E-state index contributed by atoms with van der Waals surface area (Å²) in [7, 11) is 1.06. The van der Waals surface area contributed by atoms with Gasteiger partial charge in [-0.25, -0.2) is 22.9 Å². The van der Waals surface area contributed by atoms with Crippen LogP contribution in [0.1, 0.15) is 16.1 Å². The van der Waals surface area contributed by atoms with Crippen LogP contribution in [0, 0.1) is 17.5 Å². The van der Waals surface area contributed by atoms with Gasteiger partial charge in [0.05, 0.1) is 30.5 Å². The SMILES string of the molecule is COC(=O)c1cc(NC(=O)Cc2csc(-c3ccc(F)cc3)n2)c(F)cc1F. The molecule has 1 heterocycles. The second-order valence-corrected chi connectivity index (χ2v) is 6.54. The minimum atomic E-state index is -1.09. The minimum Gasteiger partial charge on any atom is -0.465 e. The smallest absolute Gasteiger partial charge is 0.340 e. The number of amides is 1. The zero-order chi connectivity index (χ0) is 20.3. The molecule has 0 spiro atoms. The molecule has 0 aliphatic heterocycles. The van der Waals surface area contributed by atoms with Gasteiger partial charge in [0.1, 0.15) is 22.5 Å². The zero-order valence-electron chi connectivity index (χ0n) is 14.5. The zero-order valence-corrected chi connectivity index (χ0v) is 15.3. The predicted octanol–water partition coefficient (Wildman–Crippen LogP) is 4.20. The maximum absolute atomic E-state index is 13.9. The number of thiazole rings is 1. The Balaban J connectivity index is 1.73. The van der Waals surface area contributed by atoms with E-state index < -0.39 is 29.1 Å². The fourth-order valence-electron chi connectivity index (χ4n) is 2.38. The van der Waals surface area contributed by atoms with Gasteiger partial charge >= 0.3 is 5.97 Å². The molecular formula is C19H13F3N2O3S. The van der Waals surface area contributed by atoms with Gasteiger partial charge in [-0.15, -0.1) is 11.3 Å². The predicted molar refractivity (Wildman–Crippen MR) is 97.5 cm³/mol. The summed E-state index contributed by atoms with van der Waals surface area (Å²) in [6.45, 7) is 0. The van der Waals surface area contributed by atoms with Crippen molar-refractivity contribution in [2.75, 3.05) is 12.4 Å². The normalized spacial score (nSPS) is 10.6. The average Bonchev–Trinajstić information content (AvgIpc) is 3.12. The third kappa shape index (κ3) is 4.37. The molecule has 3 aromatic rings. The quantitative estimate of drug-likeness (QED) is 0.645. The molecule has 3 rings (SSSR count). The highest BCUT2D eigenvalue weighted by Gasteiger charge is 2.18. The van der Waals surface area contributed by atoms with E-state index in [1.54, 1.807) is 17.5 Å². The molecule has 0 fully saturated rings. The Labute approximate surface area is 161 Å². The van der Waals surface area contributed by atoms with Crippen molar-refractivity contribution in [1.82, 2.24) is 4.98 Å². The van der Waals surface area contributed by atoms with Crippen LogP contribution in [-0.4, -0.2) is 24.0 Å². The number of carbonyl (C=O) groups is 2. The molecule has 0 aliphatic rings. The highest BCUT2D eigenvalue weighted by atomic mass is 32.1. The summed E-state index contributed by atoms with van der Waals surface area (Å²) in [5.41, 5.74) is 0.287. The topological polar surface area (TPSA) is 68.3 Å². The maximum atomic E-state index is 13.9. The summed E-state index contributed by atoms with van der Waals surface area (Å²) >= 11 is 1.27. The van der Waals surface area contributed by atoms with E-state index in [1.165, 1.54) is 23.5 Å². The van der Waals surface area contributed by atoms with Gasteiger partial charge in [-0.3, -0.25) is 4.79 Å². The van der Waals surface area contributed by atoms with E-state index in [4.69, 9.17) is 0 Å². The Hall–Kier alpha value is -3.20. The van der Waals surface area contributed by atoms with E-state index in [0.29, 0.717) is 22.3 Å². The lowest BCUT2D eigenvalue weighted by molar-refractivity contribution is -0.115. The molecule has 1 aromatic heterocycles. The molecule has 0 radical (unpaired) electrons. The van der Waals surface area contributed by atoms with Gasteiger partial charge in [-0.05, 0) is 30.3 Å². The molecule has 0 unspecified atom stereocenters. The summed E-state index contributed by atoms with van der Waals surface area (Å²) in [5, 5.41) is 4.54. The average molecular weight is 406 g/mol. The summed E-state index contributed by atoms with van der Waals surface area (Å²) in [6, 6.07) is 7.12. The number of methoxy groups -OCH3 is 1. The molecule has 0 atom stereocenters. The molecular weight excluding hydrogens is 393 g/mol. The summed E-state index contributed by atoms with van der Waals surface area (Å²) < 4.78 is 45.0. The molecule has 0 saturated heterocycles. The number of nitrogens with one attached hydrogen (secondary N) is 1. The van der Waals surface area contributed by atoms with Crippen LogP contribution < -0.4 is 5.32 Å². The largest absolute Gasteiger partial charge is 0.465 e. The van der Waals surface area contributed by atoms with E-state index in [0.717, 1.165) is 13.2 Å². The van der Waals surface area contributed by atoms with Crippen molar-refractivity contribution in [1.29, 1.82) is 0 Å². The van der Waals surface area contributed by atoms with Crippen molar-refractivity contribution in [2.45, 2.75) is 6.42 Å². The number of nitrogens with zero attached hydrogens (tertiary/aromatic N) is 1. The fraction of sp³-hybridized carbons (Fsp3) is 0.105. The third-order valence-electron chi connectivity index (χ3n) is 3.72. The highest BCUT2D eigenvalue weighted by molar-refractivity contribution is 7.13. The van der Waals surface area contributed by atoms with Crippen molar-refractivity contribution in [3.63, 3.8) is 0 Å². The first kappa shape index (κ1) is 19.6. The van der Waals surface area contributed by atoms with Crippen molar-refractivity contribution in [3.05, 3.63) is 70.5 Å². The molecule has 1 amide bonds. The van der Waals surface area contributed by atoms with Crippen molar-refractivity contribution >= 4 is 28.9 Å². The molecule has 1 N–H and O–H groups in total. The first-order valence-electron chi connectivity index (χ1n) is 7.95. The second-order valence-electron chi connectivity index (χ2n) is 5.68. The standard InChI is InChI=1S/C19H13F3N2O3S/c1-27-19(26)13-7-16(15(22)8-14(13)21)24-17(25)6-12-9-28-18(23-12)10-2-4-11(20)5-3-10/h2-5,7-9H,6H2,1H3,(H,24,25). The van der Waals surface area contributed by atoms with Crippen LogP contribution in [0.3, 0.4) is 0 Å². The monoisotopic (exact) mass is 406 g/mol. The summed E-state index contributed by atoms with van der Waals surface area (Å²) in [4.78, 5) is 28.0. The van der Waals surface area contributed by atoms with Crippen LogP contribution in [-0.2, 0) is 16.0 Å². The second kappa shape index (κ2) is 8.22. The molecule has 5 nitrogen and oxygen atoms in total. The Morgan fingerprint density at radius 1 is 1.11 bits per heavy atom. The summed E-state index contributed by atoms with van der Waals surface area (Å²) in [5.74, 6) is -4.07. The van der Waals surface area contributed by atoms with Crippen LogP contribution >= 0.6 is 11.3 Å². The van der Waals surface area contributed by atoms with Crippen molar-refractivity contribution < 1.29 is 27.5 Å². The van der Waals surface area contributed by atoms with Crippen LogP contribution in [0.4, 0.5) is 18.9 Å². The lowest BCUT2D eigenvalue weighted by atomic mass is 10.1. The Morgan fingerprint density at radius 3 is 2.50 bits per heavy atom. The Bertz CT molecular complexity index is 1040. The number of ether oxygens (including phenoxy) is 1. The van der Waals surface area contributed by atoms with Crippen molar-refractivity contribution in [2.24, 2.45) is 0 Å².